The molecule has 2 aromatic carbocycles. The summed E-state index contributed by atoms with van der Waals surface area (Å²) in [7, 11) is 0. The second-order valence-electron chi connectivity index (χ2n) is 10.4. The lowest BCUT2D eigenvalue weighted by Gasteiger charge is -2.47. The van der Waals surface area contributed by atoms with E-state index in [-0.39, 0.29) is 36.3 Å². The van der Waals surface area contributed by atoms with Gasteiger partial charge in [0.2, 0.25) is 11.8 Å². The minimum absolute atomic E-state index is 0.0199. The van der Waals surface area contributed by atoms with Gasteiger partial charge in [-0.1, -0.05) is 18.2 Å². The molecule has 2 amide bonds. The molecule has 2 fully saturated rings. The molecule has 1 saturated carbocycles. The zero-order chi connectivity index (χ0) is 26.6. The minimum atomic E-state index is -0.471. The fraction of sp³-hybridized carbons (Fsp3) is 0.467. The molecule has 0 radical (unpaired) electrons. The van der Waals surface area contributed by atoms with Gasteiger partial charge in [-0.3, -0.25) is 14.4 Å². The molecule has 0 unspecified atom stereocenters. The van der Waals surface area contributed by atoms with Crippen molar-refractivity contribution in [2.45, 2.75) is 70.7 Å². The normalized spacial score (nSPS) is 22.8. The number of hydrogen-bond acceptors (Lipinski definition) is 6. The summed E-state index contributed by atoms with van der Waals surface area (Å²) in [4.78, 5) is 42.1. The minimum Gasteiger partial charge on any atom is -0.489 e. The molecule has 1 atom stereocenters. The van der Waals surface area contributed by atoms with E-state index in [0.29, 0.717) is 43.9 Å². The van der Waals surface area contributed by atoms with Gasteiger partial charge in [0.05, 0.1) is 18.2 Å². The molecule has 1 saturated heterocycles. The average molecular weight is 516 g/mol. The lowest BCUT2D eigenvalue weighted by atomic mass is 9.82. The number of piperazine rings is 1. The van der Waals surface area contributed by atoms with Crippen molar-refractivity contribution in [1.82, 2.24) is 9.80 Å². The van der Waals surface area contributed by atoms with Gasteiger partial charge in [0.25, 0.3) is 0 Å². The summed E-state index contributed by atoms with van der Waals surface area (Å²) < 4.78 is 11.1. The SMILES string of the molecule is CCOC(=O)CC1CCC(N2CC(=O)N3Cc4cc(OCc5cccc(C#N)c5)ccc4C[C@@H]3C2=O)CC1. The van der Waals surface area contributed by atoms with E-state index in [0.717, 1.165) is 42.4 Å². The number of carbonyl (C=O) groups excluding carboxylic acids is 3. The third-order valence-corrected chi connectivity index (χ3v) is 7.98. The van der Waals surface area contributed by atoms with Crippen LogP contribution < -0.4 is 4.74 Å². The first-order valence-electron chi connectivity index (χ1n) is 13.4. The summed E-state index contributed by atoms with van der Waals surface area (Å²) in [5, 5.41) is 9.10. The molecule has 8 nitrogen and oxygen atoms in total. The molecule has 5 rings (SSSR count). The Kier molecular flexibility index (Phi) is 7.64. The topological polar surface area (TPSA) is 99.9 Å². The number of rotatable bonds is 7. The Hall–Kier alpha value is -3.86. The van der Waals surface area contributed by atoms with E-state index < -0.39 is 6.04 Å². The summed E-state index contributed by atoms with van der Waals surface area (Å²) in [5.74, 6) is 0.834. The molecule has 8 heteroatoms. The van der Waals surface area contributed by atoms with Gasteiger partial charge in [-0.25, -0.2) is 0 Å². The van der Waals surface area contributed by atoms with Crippen LogP contribution in [-0.4, -0.2) is 52.8 Å². The molecule has 2 heterocycles. The van der Waals surface area contributed by atoms with Crippen molar-refractivity contribution in [2.24, 2.45) is 5.92 Å². The molecule has 0 aromatic heterocycles. The first-order chi connectivity index (χ1) is 18.4. The molecule has 2 aromatic rings. The Bertz CT molecular complexity index is 1260. The van der Waals surface area contributed by atoms with Gasteiger partial charge in [0.1, 0.15) is 24.9 Å². The van der Waals surface area contributed by atoms with E-state index in [4.69, 9.17) is 14.7 Å². The third kappa shape index (κ3) is 5.52. The van der Waals surface area contributed by atoms with Crippen molar-refractivity contribution in [1.29, 1.82) is 5.26 Å². The number of ether oxygens (including phenoxy) is 2. The molecule has 0 bridgehead atoms. The summed E-state index contributed by atoms with van der Waals surface area (Å²) >= 11 is 0. The van der Waals surface area contributed by atoms with Crippen LogP contribution in [0.5, 0.6) is 5.75 Å². The number of carbonyl (C=O) groups is 3. The maximum atomic E-state index is 13.5. The number of benzene rings is 2. The Morgan fingerprint density at radius 1 is 1.03 bits per heavy atom. The highest BCUT2D eigenvalue weighted by molar-refractivity contribution is 5.95. The van der Waals surface area contributed by atoms with Crippen LogP contribution in [-0.2, 0) is 38.7 Å². The highest BCUT2D eigenvalue weighted by Gasteiger charge is 2.44. The average Bonchev–Trinajstić information content (AvgIpc) is 2.93. The maximum absolute atomic E-state index is 13.5. The Morgan fingerprint density at radius 3 is 2.61 bits per heavy atom. The molecular formula is C30H33N3O5. The standard InChI is InChI=1S/C30H33N3O5/c1-2-37-29(35)13-20-6-9-25(10-7-20)32-18-28(34)33-17-24-14-26(11-8-23(24)15-27(33)30(32)36)38-19-22-5-3-4-21(12-22)16-31/h3-5,8,11-12,14,20,25,27H,2,6-7,9-10,13,15,17-19H2,1H3/t20?,25?,27-/m1/s1. The van der Waals surface area contributed by atoms with Crippen LogP contribution in [0.3, 0.4) is 0 Å². The largest absolute Gasteiger partial charge is 0.489 e. The van der Waals surface area contributed by atoms with Crippen molar-refractivity contribution >= 4 is 17.8 Å². The quantitative estimate of drug-likeness (QED) is 0.521. The number of nitriles is 1. The maximum Gasteiger partial charge on any atom is 0.306 e. The highest BCUT2D eigenvalue weighted by Crippen LogP contribution is 2.35. The summed E-state index contributed by atoms with van der Waals surface area (Å²) in [6, 6.07) is 14.9. The molecule has 1 aliphatic carbocycles. The lowest BCUT2D eigenvalue weighted by molar-refractivity contribution is -0.160. The summed E-state index contributed by atoms with van der Waals surface area (Å²) in [5.41, 5.74) is 3.56. The predicted molar refractivity (Wildman–Crippen MR) is 139 cm³/mol. The van der Waals surface area contributed by atoms with Gasteiger partial charge in [-0.05, 0) is 79.5 Å². The van der Waals surface area contributed by atoms with Gasteiger partial charge in [0, 0.05) is 25.4 Å². The number of fused-ring (bicyclic) bond motifs is 2. The van der Waals surface area contributed by atoms with Gasteiger partial charge in [0.15, 0.2) is 0 Å². The molecule has 3 aliphatic rings. The van der Waals surface area contributed by atoms with Crippen molar-refractivity contribution in [3.8, 4) is 11.8 Å². The van der Waals surface area contributed by atoms with E-state index in [1.54, 1.807) is 21.9 Å². The van der Waals surface area contributed by atoms with E-state index >= 15 is 0 Å². The van der Waals surface area contributed by atoms with Crippen molar-refractivity contribution in [3.63, 3.8) is 0 Å². The zero-order valence-corrected chi connectivity index (χ0v) is 21.7. The number of esters is 1. The first-order valence-corrected chi connectivity index (χ1v) is 13.4. The van der Waals surface area contributed by atoms with E-state index in [9.17, 15) is 14.4 Å². The molecule has 0 spiro atoms. The third-order valence-electron chi connectivity index (χ3n) is 7.98. The molecule has 198 valence electrons. The molecular weight excluding hydrogens is 482 g/mol. The Labute approximate surface area is 223 Å². The second kappa shape index (κ2) is 11.3. The fourth-order valence-corrected chi connectivity index (χ4v) is 5.96. The van der Waals surface area contributed by atoms with Gasteiger partial charge in [-0.15, -0.1) is 0 Å². The first kappa shape index (κ1) is 25.8. The summed E-state index contributed by atoms with van der Waals surface area (Å²) in [6.45, 7) is 3.06. The van der Waals surface area contributed by atoms with Crippen LogP contribution in [0, 0.1) is 17.2 Å². The predicted octanol–water partition coefficient (Wildman–Crippen LogP) is 3.74. The van der Waals surface area contributed by atoms with E-state index in [2.05, 4.69) is 6.07 Å². The summed E-state index contributed by atoms with van der Waals surface area (Å²) in [6.07, 6.45) is 4.27. The number of hydrogen-bond donors (Lipinski definition) is 0. The fourth-order valence-electron chi connectivity index (χ4n) is 5.96. The van der Waals surface area contributed by atoms with Crippen molar-refractivity contribution < 1.29 is 23.9 Å². The lowest BCUT2D eigenvalue weighted by Crippen LogP contribution is -2.63. The van der Waals surface area contributed by atoms with Crippen LogP contribution in [0.2, 0.25) is 0 Å². The zero-order valence-electron chi connectivity index (χ0n) is 21.7. The number of nitrogens with zero attached hydrogens (tertiary/aromatic N) is 3. The van der Waals surface area contributed by atoms with Crippen LogP contribution in [0.15, 0.2) is 42.5 Å². The monoisotopic (exact) mass is 515 g/mol. The van der Waals surface area contributed by atoms with Crippen LogP contribution >= 0.6 is 0 Å². The molecule has 38 heavy (non-hydrogen) atoms. The van der Waals surface area contributed by atoms with E-state index in [1.807, 2.05) is 37.3 Å². The smallest absolute Gasteiger partial charge is 0.306 e. The molecule has 0 N–H and O–H groups in total. The van der Waals surface area contributed by atoms with Crippen LogP contribution in [0.4, 0.5) is 0 Å². The Morgan fingerprint density at radius 2 is 1.84 bits per heavy atom. The number of amides is 2. The Balaban J connectivity index is 1.21. The van der Waals surface area contributed by atoms with Crippen LogP contribution in [0.25, 0.3) is 0 Å². The highest BCUT2D eigenvalue weighted by atomic mass is 16.5. The van der Waals surface area contributed by atoms with Gasteiger partial charge < -0.3 is 19.3 Å². The van der Waals surface area contributed by atoms with Crippen molar-refractivity contribution in [3.05, 3.63) is 64.7 Å². The van der Waals surface area contributed by atoms with Crippen LogP contribution in [0.1, 0.15) is 61.3 Å². The van der Waals surface area contributed by atoms with E-state index in [1.165, 1.54) is 0 Å². The van der Waals surface area contributed by atoms with Gasteiger partial charge >= 0.3 is 5.97 Å². The van der Waals surface area contributed by atoms with Gasteiger partial charge in [-0.2, -0.15) is 5.26 Å². The molecule has 2 aliphatic heterocycles. The second-order valence-corrected chi connectivity index (χ2v) is 10.4. The van der Waals surface area contributed by atoms with Crippen molar-refractivity contribution in [2.75, 3.05) is 13.2 Å².